The van der Waals surface area contributed by atoms with Gasteiger partial charge < -0.3 is 24.3 Å². The Labute approximate surface area is 125 Å². The molecule has 1 saturated heterocycles. The third-order valence-electron chi connectivity index (χ3n) is 3.71. The van der Waals surface area contributed by atoms with Crippen molar-refractivity contribution in [1.29, 1.82) is 0 Å². The average molecular weight is 298 g/mol. The quantitative estimate of drug-likeness (QED) is 0.836. The first-order valence-electron chi connectivity index (χ1n) is 7.48. The highest BCUT2D eigenvalue weighted by atomic mass is 16.5. The van der Waals surface area contributed by atoms with Crippen LogP contribution in [0.3, 0.4) is 0 Å². The minimum atomic E-state index is -0.322. The van der Waals surface area contributed by atoms with Crippen LogP contribution >= 0.6 is 0 Å². The van der Waals surface area contributed by atoms with Crippen LogP contribution in [0.2, 0.25) is 0 Å². The molecule has 6 heteroatoms. The first kappa shape index (κ1) is 16.3. The van der Waals surface area contributed by atoms with Gasteiger partial charge in [0.2, 0.25) is 0 Å². The molecule has 1 aliphatic heterocycles. The number of aromatic nitrogens is 1. The summed E-state index contributed by atoms with van der Waals surface area (Å²) in [5.41, 5.74) is -0.381. The maximum atomic E-state index is 8.98. The van der Waals surface area contributed by atoms with Gasteiger partial charge in [0.25, 0.3) is 6.01 Å². The van der Waals surface area contributed by atoms with Gasteiger partial charge in [-0.2, -0.15) is 0 Å². The summed E-state index contributed by atoms with van der Waals surface area (Å²) in [5, 5.41) is 12.2. The van der Waals surface area contributed by atoms with Gasteiger partial charge in [-0.1, -0.05) is 20.8 Å². The summed E-state index contributed by atoms with van der Waals surface area (Å²) in [4.78, 5) is 4.26. The SMILES string of the molecule is CC(C)(C)c1cnc(NCC2(OCCO)CCOCC2)o1. The predicted octanol–water partition coefficient (Wildman–Crippen LogP) is 1.94. The molecule has 6 nitrogen and oxygen atoms in total. The van der Waals surface area contributed by atoms with Gasteiger partial charge in [0, 0.05) is 38.0 Å². The first-order valence-corrected chi connectivity index (χ1v) is 7.48. The Morgan fingerprint density at radius 3 is 2.67 bits per heavy atom. The lowest BCUT2D eigenvalue weighted by molar-refractivity contribution is -0.109. The van der Waals surface area contributed by atoms with E-state index in [-0.39, 0.29) is 17.6 Å². The third-order valence-corrected chi connectivity index (χ3v) is 3.71. The molecule has 2 heterocycles. The zero-order valence-electron chi connectivity index (χ0n) is 13.1. The lowest BCUT2D eigenvalue weighted by atomic mass is 9.94. The first-order chi connectivity index (χ1) is 9.95. The zero-order chi connectivity index (χ0) is 15.3. The molecule has 0 bridgehead atoms. The van der Waals surface area contributed by atoms with Gasteiger partial charge in [-0.05, 0) is 0 Å². The van der Waals surface area contributed by atoms with Crippen LogP contribution in [0, 0.1) is 0 Å². The molecule has 0 spiro atoms. The number of hydrogen-bond acceptors (Lipinski definition) is 6. The Kier molecular flexibility index (Phi) is 5.24. The fourth-order valence-corrected chi connectivity index (χ4v) is 2.32. The largest absolute Gasteiger partial charge is 0.428 e. The molecule has 2 N–H and O–H groups in total. The van der Waals surface area contributed by atoms with Crippen molar-refractivity contribution >= 4 is 6.01 Å². The summed E-state index contributed by atoms with van der Waals surface area (Å²) in [5.74, 6) is 0.849. The molecule has 0 aromatic carbocycles. The molecule has 21 heavy (non-hydrogen) atoms. The van der Waals surface area contributed by atoms with Gasteiger partial charge in [-0.3, -0.25) is 0 Å². The molecule has 2 rings (SSSR count). The molecule has 1 fully saturated rings. The lowest BCUT2D eigenvalue weighted by Crippen LogP contribution is -2.45. The fraction of sp³-hybridized carbons (Fsp3) is 0.800. The van der Waals surface area contributed by atoms with Crippen molar-refractivity contribution < 1.29 is 19.0 Å². The third kappa shape index (κ3) is 4.43. The maximum Gasteiger partial charge on any atom is 0.294 e. The minimum absolute atomic E-state index is 0.0236. The molecule has 1 aliphatic rings. The van der Waals surface area contributed by atoms with Gasteiger partial charge in [0.05, 0.1) is 25.0 Å². The highest BCUT2D eigenvalue weighted by Crippen LogP contribution is 2.27. The molecule has 0 unspecified atom stereocenters. The van der Waals surface area contributed by atoms with Gasteiger partial charge in [-0.15, -0.1) is 0 Å². The van der Waals surface area contributed by atoms with Crippen LogP contribution in [-0.4, -0.2) is 48.7 Å². The number of aliphatic hydroxyl groups excluding tert-OH is 1. The molecular weight excluding hydrogens is 272 g/mol. The van der Waals surface area contributed by atoms with Crippen LogP contribution in [0.1, 0.15) is 39.4 Å². The second kappa shape index (κ2) is 6.77. The van der Waals surface area contributed by atoms with E-state index < -0.39 is 0 Å². The van der Waals surface area contributed by atoms with Gasteiger partial charge >= 0.3 is 0 Å². The number of aliphatic hydroxyl groups is 1. The van der Waals surface area contributed by atoms with E-state index >= 15 is 0 Å². The summed E-state index contributed by atoms with van der Waals surface area (Å²) >= 11 is 0. The normalized spacial score (nSPS) is 18.7. The molecule has 120 valence electrons. The summed E-state index contributed by atoms with van der Waals surface area (Å²) < 4.78 is 17.0. The number of anilines is 1. The van der Waals surface area contributed by atoms with Crippen molar-refractivity contribution in [3.63, 3.8) is 0 Å². The standard InChI is InChI=1S/C15H26N2O4/c1-14(2,3)12-10-16-13(21-12)17-11-15(20-9-6-18)4-7-19-8-5-15/h10,18H,4-9,11H2,1-3H3,(H,16,17). The molecule has 0 amide bonds. The van der Waals surface area contributed by atoms with Crippen LogP contribution in [0.4, 0.5) is 6.01 Å². The second-order valence-electron chi connectivity index (χ2n) is 6.50. The maximum absolute atomic E-state index is 8.98. The Hall–Kier alpha value is -1.11. The van der Waals surface area contributed by atoms with Crippen molar-refractivity contribution in [2.75, 3.05) is 38.3 Å². The Morgan fingerprint density at radius 2 is 2.10 bits per heavy atom. The second-order valence-corrected chi connectivity index (χ2v) is 6.50. The molecular formula is C15H26N2O4. The number of ether oxygens (including phenoxy) is 2. The Bertz CT molecular complexity index is 433. The Balaban J connectivity index is 1.96. The van der Waals surface area contributed by atoms with E-state index in [0.29, 0.717) is 32.4 Å². The number of nitrogens with zero attached hydrogens (tertiary/aromatic N) is 1. The summed E-state index contributed by atoms with van der Waals surface area (Å²) in [6.45, 7) is 8.56. The van der Waals surface area contributed by atoms with Crippen LogP contribution in [0.25, 0.3) is 0 Å². The minimum Gasteiger partial charge on any atom is -0.428 e. The van der Waals surface area contributed by atoms with E-state index in [2.05, 4.69) is 31.1 Å². The molecule has 0 saturated carbocycles. The van der Waals surface area contributed by atoms with Crippen molar-refractivity contribution in [3.8, 4) is 0 Å². The summed E-state index contributed by atoms with van der Waals surface area (Å²) in [6, 6.07) is 0.512. The van der Waals surface area contributed by atoms with E-state index in [0.717, 1.165) is 18.6 Å². The highest BCUT2D eigenvalue weighted by molar-refractivity contribution is 5.23. The molecule has 1 aromatic rings. The number of rotatable bonds is 6. The van der Waals surface area contributed by atoms with E-state index in [1.165, 1.54) is 0 Å². The summed E-state index contributed by atoms with van der Waals surface area (Å²) in [7, 11) is 0. The van der Waals surface area contributed by atoms with E-state index in [9.17, 15) is 0 Å². The van der Waals surface area contributed by atoms with Gasteiger partial charge in [0.15, 0.2) is 0 Å². The Morgan fingerprint density at radius 1 is 1.38 bits per heavy atom. The van der Waals surface area contributed by atoms with E-state index in [1.807, 2.05) is 0 Å². The van der Waals surface area contributed by atoms with Gasteiger partial charge in [-0.25, -0.2) is 4.98 Å². The lowest BCUT2D eigenvalue weighted by Gasteiger charge is -2.36. The molecule has 0 radical (unpaired) electrons. The number of nitrogens with one attached hydrogen (secondary N) is 1. The molecule has 0 atom stereocenters. The van der Waals surface area contributed by atoms with Crippen molar-refractivity contribution in [2.24, 2.45) is 0 Å². The van der Waals surface area contributed by atoms with Crippen LogP contribution in [0.15, 0.2) is 10.6 Å². The number of oxazole rings is 1. The fourth-order valence-electron chi connectivity index (χ4n) is 2.32. The predicted molar refractivity (Wildman–Crippen MR) is 79.5 cm³/mol. The number of hydrogen-bond donors (Lipinski definition) is 2. The highest BCUT2D eigenvalue weighted by Gasteiger charge is 2.34. The van der Waals surface area contributed by atoms with Crippen LogP contribution < -0.4 is 5.32 Å². The smallest absolute Gasteiger partial charge is 0.294 e. The van der Waals surface area contributed by atoms with Crippen molar-refractivity contribution in [3.05, 3.63) is 12.0 Å². The zero-order valence-corrected chi connectivity index (χ0v) is 13.1. The van der Waals surface area contributed by atoms with E-state index in [1.54, 1.807) is 6.20 Å². The van der Waals surface area contributed by atoms with Crippen LogP contribution in [0.5, 0.6) is 0 Å². The van der Waals surface area contributed by atoms with Crippen molar-refractivity contribution in [2.45, 2.75) is 44.6 Å². The van der Waals surface area contributed by atoms with Crippen LogP contribution in [-0.2, 0) is 14.9 Å². The van der Waals surface area contributed by atoms with Gasteiger partial charge in [0.1, 0.15) is 5.76 Å². The topological polar surface area (TPSA) is 76.8 Å². The molecule has 0 aliphatic carbocycles. The van der Waals surface area contributed by atoms with E-state index in [4.69, 9.17) is 19.0 Å². The summed E-state index contributed by atoms with van der Waals surface area (Å²) in [6.07, 6.45) is 3.35. The monoisotopic (exact) mass is 298 g/mol. The average Bonchev–Trinajstić information content (AvgIpc) is 2.93. The van der Waals surface area contributed by atoms with Crippen molar-refractivity contribution in [1.82, 2.24) is 4.98 Å². The molecule has 1 aromatic heterocycles.